The number of ether oxygens (including phenoxy) is 3. The number of esters is 2. The Bertz CT molecular complexity index is 1410. The first-order valence-corrected chi connectivity index (χ1v) is 13.9. The molecule has 4 N–H and O–H groups in total. The van der Waals surface area contributed by atoms with Gasteiger partial charge in [0, 0.05) is 6.42 Å². The molecule has 0 unspecified atom stereocenters. The molecule has 16 nitrogen and oxygen atoms in total. The minimum atomic E-state index is -4.65. The number of nitrogens with two attached hydrogens (primary N) is 1. The molecule has 2 aromatic heterocycles. The molecule has 0 radical (unpaired) electrons. The number of imidazole rings is 1. The van der Waals surface area contributed by atoms with Gasteiger partial charge in [-0.1, -0.05) is 0 Å². The number of aromatic nitrogens is 4. The molecule has 0 amide bonds. The lowest BCUT2D eigenvalue weighted by molar-refractivity contribution is -0.164. The van der Waals surface area contributed by atoms with Crippen LogP contribution in [0.3, 0.4) is 0 Å². The van der Waals surface area contributed by atoms with Gasteiger partial charge >= 0.3 is 19.8 Å². The summed E-state index contributed by atoms with van der Waals surface area (Å²) in [5.41, 5.74) is -0.861. The van der Waals surface area contributed by atoms with E-state index in [0.29, 0.717) is 0 Å². The Labute approximate surface area is 233 Å². The first-order chi connectivity index (χ1) is 18.8. The average Bonchev–Trinajstić information content (AvgIpc) is 3.11. The smallest absolute Gasteiger partial charge is 0.437 e. The summed E-state index contributed by atoms with van der Waals surface area (Å²) in [7, 11) is -4.65. The van der Waals surface area contributed by atoms with Gasteiger partial charge in [-0.3, -0.25) is 28.5 Å². The number of hydrogen-bond donors (Lipinski definition) is 3. The van der Waals surface area contributed by atoms with Crippen molar-refractivity contribution in [2.45, 2.75) is 71.6 Å². The van der Waals surface area contributed by atoms with Gasteiger partial charge in [0.1, 0.15) is 11.2 Å². The Balaban J connectivity index is 1.49. The number of fused-ring (bicyclic) bond motifs is 2. The highest BCUT2D eigenvalue weighted by Crippen LogP contribution is 2.65. The Morgan fingerprint density at radius 1 is 1.17 bits per heavy atom. The van der Waals surface area contributed by atoms with Crippen LogP contribution >= 0.6 is 7.82 Å². The van der Waals surface area contributed by atoms with Crippen LogP contribution in [-0.2, 0) is 41.9 Å². The molecule has 4 rings (SSSR count). The molecule has 0 spiro atoms. The Morgan fingerprint density at radius 3 is 2.27 bits per heavy atom. The number of H-pyrrole nitrogens is 1. The summed E-state index contributed by atoms with van der Waals surface area (Å²) in [4.78, 5) is 46.4. The average molecular weight is 606 g/mol. The molecular formula is C23H33FN5O11P. The number of halogens is 1. The number of phosphoric ester groups is 1. The number of carbonyl (C=O) groups is 2. The lowest BCUT2D eigenvalue weighted by Crippen LogP contribution is -2.32. The van der Waals surface area contributed by atoms with Gasteiger partial charge < -0.3 is 25.1 Å². The Morgan fingerprint density at radius 2 is 1.73 bits per heavy atom. The summed E-state index contributed by atoms with van der Waals surface area (Å²) in [6, 6.07) is 0. The second kappa shape index (κ2) is 10.4. The van der Waals surface area contributed by atoms with E-state index >= 15 is 4.39 Å². The lowest BCUT2D eigenvalue weighted by Gasteiger charge is -2.23. The molecule has 4 atom stereocenters. The molecule has 2 aliphatic rings. The van der Waals surface area contributed by atoms with Gasteiger partial charge in [0.2, 0.25) is 19.5 Å². The highest BCUT2D eigenvalue weighted by molar-refractivity contribution is 7.48. The number of nitrogens with zero attached hydrogens (tertiary/aromatic N) is 3. The van der Waals surface area contributed by atoms with E-state index in [1.165, 1.54) is 0 Å². The molecule has 0 aromatic carbocycles. The zero-order valence-electron chi connectivity index (χ0n) is 23.3. The fourth-order valence-corrected chi connectivity index (χ4v) is 4.92. The maximum Gasteiger partial charge on any atom is 0.480 e. The van der Waals surface area contributed by atoms with E-state index in [0.717, 1.165) is 10.9 Å². The fourth-order valence-electron chi connectivity index (χ4n) is 3.96. The van der Waals surface area contributed by atoms with Crippen molar-refractivity contribution < 1.29 is 51.4 Å². The predicted molar refractivity (Wildman–Crippen MR) is 136 cm³/mol. The summed E-state index contributed by atoms with van der Waals surface area (Å²) in [6.07, 6.45) is -2.69. The summed E-state index contributed by atoms with van der Waals surface area (Å²) >= 11 is 0. The van der Waals surface area contributed by atoms with E-state index < -0.39 is 79.9 Å². The van der Waals surface area contributed by atoms with Crippen LogP contribution in [0.5, 0.6) is 0 Å². The zero-order valence-corrected chi connectivity index (χ0v) is 24.2. The first kappa shape index (κ1) is 31.0. The fraction of sp³-hybridized carbons (Fsp3) is 0.696. The van der Waals surface area contributed by atoms with Crippen molar-refractivity contribution in [3.8, 4) is 0 Å². The van der Waals surface area contributed by atoms with Gasteiger partial charge in [0.25, 0.3) is 5.56 Å². The van der Waals surface area contributed by atoms with Crippen molar-refractivity contribution >= 4 is 36.9 Å². The highest BCUT2D eigenvalue weighted by Gasteiger charge is 2.81. The topological polar surface area (TPSA) is 216 Å². The van der Waals surface area contributed by atoms with E-state index in [1.807, 2.05) is 0 Å². The minimum Gasteiger partial charge on any atom is -0.437 e. The third-order valence-electron chi connectivity index (χ3n) is 6.48. The molecule has 41 heavy (non-hydrogen) atoms. The standard InChI is InChI=1S/C23H33FN5O11P/c1-20(2,3)17(31)35-10-38-41(34,39-11-36-18(32)21(4,5)6)37-8-22-7-23(22,33)13(24)16(40-22)29-9-26-12-14(29)27-19(25)28-15(12)30/h9,13,16,33H,7-8,10-11H2,1-6H3,(H3,25,27,28,30)/t13-,16+,22+,23-/m0/s1. The Kier molecular flexibility index (Phi) is 7.86. The van der Waals surface area contributed by atoms with Crippen LogP contribution in [0.4, 0.5) is 10.3 Å². The zero-order chi connectivity index (χ0) is 30.6. The largest absolute Gasteiger partial charge is 0.480 e. The van der Waals surface area contributed by atoms with Gasteiger partial charge in [0.05, 0.1) is 23.8 Å². The predicted octanol–water partition coefficient (Wildman–Crippen LogP) is 1.69. The van der Waals surface area contributed by atoms with Crippen LogP contribution in [0.2, 0.25) is 0 Å². The molecule has 3 heterocycles. The first-order valence-electron chi connectivity index (χ1n) is 12.5. The molecule has 18 heteroatoms. The summed E-state index contributed by atoms with van der Waals surface area (Å²) in [6.45, 7) is 7.12. The normalized spacial score (nSPS) is 26.1. The third kappa shape index (κ3) is 6.01. The number of nitrogens with one attached hydrogen (secondary N) is 1. The maximum atomic E-state index is 15.5. The summed E-state index contributed by atoms with van der Waals surface area (Å²) < 4.78 is 61.3. The second-order valence-corrected chi connectivity index (χ2v) is 13.5. The van der Waals surface area contributed by atoms with Crippen LogP contribution in [-0.4, -0.2) is 74.1 Å². The lowest BCUT2D eigenvalue weighted by atomic mass is 9.98. The number of anilines is 1. The van der Waals surface area contributed by atoms with E-state index in [9.17, 15) is 24.1 Å². The molecule has 1 saturated heterocycles. The van der Waals surface area contributed by atoms with Crippen molar-refractivity contribution in [3.05, 3.63) is 16.7 Å². The molecule has 2 aromatic rings. The van der Waals surface area contributed by atoms with Crippen molar-refractivity contribution in [2.24, 2.45) is 10.8 Å². The van der Waals surface area contributed by atoms with Crippen LogP contribution in [0.15, 0.2) is 11.1 Å². The molecule has 1 saturated carbocycles. The number of alkyl halides is 1. The number of aliphatic hydroxyl groups is 1. The molecule has 0 bridgehead atoms. The number of carbonyl (C=O) groups excluding carboxylic acids is 2. The third-order valence-corrected chi connectivity index (χ3v) is 7.77. The minimum absolute atomic E-state index is 0.0847. The van der Waals surface area contributed by atoms with Crippen molar-refractivity contribution in [3.63, 3.8) is 0 Å². The van der Waals surface area contributed by atoms with Gasteiger partial charge in [-0.05, 0) is 41.5 Å². The molecule has 2 fully saturated rings. The van der Waals surface area contributed by atoms with Crippen LogP contribution in [0, 0.1) is 10.8 Å². The number of nitrogen functional groups attached to an aromatic ring is 1. The molecular weight excluding hydrogens is 572 g/mol. The van der Waals surface area contributed by atoms with Crippen LogP contribution in [0.25, 0.3) is 11.2 Å². The Hall–Kier alpha value is -2.95. The van der Waals surface area contributed by atoms with Crippen molar-refractivity contribution in [2.75, 3.05) is 25.9 Å². The van der Waals surface area contributed by atoms with E-state index in [2.05, 4.69) is 15.0 Å². The maximum absolute atomic E-state index is 15.5. The van der Waals surface area contributed by atoms with Crippen molar-refractivity contribution in [1.82, 2.24) is 19.5 Å². The van der Waals surface area contributed by atoms with E-state index in [-0.39, 0.29) is 23.5 Å². The quantitative estimate of drug-likeness (QED) is 0.200. The monoisotopic (exact) mass is 605 g/mol. The second-order valence-electron chi connectivity index (χ2n) is 11.9. The van der Waals surface area contributed by atoms with Gasteiger partial charge in [0.15, 0.2) is 23.6 Å². The van der Waals surface area contributed by atoms with Gasteiger partial charge in [-0.15, -0.1) is 0 Å². The van der Waals surface area contributed by atoms with Gasteiger partial charge in [-0.25, -0.2) is 23.0 Å². The van der Waals surface area contributed by atoms with Crippen LogP contribution in [0.1, 0.15) is 54.2 Å². The van der Waals surface area contributed by atoms with Crippen LogP contribution < -0.4 is 11.3 Å². The molecule has 1 aliphatic carbocycles. The summed E-state index contributed by atoms with van der Waals surface area (Å²) in [5, 5.41) is 11.0. The number of rotatable bonds is 10. The van der Waals surface area contributed by atoms with Crippen molar-refractivity contribution in [1.29, 1.82) is 0 Å². The van der Waals surface area contributed by atoms with E-state index in [1.54, 1.807) is 41.5 Å². The number of hydrogen-bond acceptors (Lipinski definition) is 14. The van der Waals surface area contributed by atoms with Gasteiger partial charge in [-0.2, -0.15) is 4.98 Å². The summed E-state index contributed by atoms with van der Waals surface area (Å²) in [5.74, 6) is -1.60. The number of phosphoric acid groups is 1. The molecule has 228 valence electrons. The van der Waals surface area contributed by atoms with E-state index in [4.69, 9.17) is 33.5 Å². The number of aromatic amines is 1. The molecule has 1 aliphatic heterocycles. The SMILES string of the molecule is CC(C)(C)C(=O)OCOP(=O)(OCOC(=O)C(C)(C)C)OC[C@]12C[C@]1(O)[C@@H](F)[C@H](n1cnc3c(=O)[nH]c(N)nc31)O2. The highest BCUT2D eigenvalue weighted by atomic mass is 31.2.